The second-order valence-electron chi connectivity index (χ2n) is 3.17. The molecule has 0 aromatic carbocycles. The molecule has 4 nitrogen and oxygen atoms in total. The van der Waals surface area contributed by atoms with E-state index in [1.807, 2.05) is 6.92 Å². The molecule has 0 aliphatic carbocycles. The van der Waals surface area contributed by atoms with E-state index in [9.17, 15) is 4.79 Å². The second kappa shape index (κ2) is 6.20. The molecule has 0 saturated carbocycles. The lowest BCUT2D eigenvalue weighted by Crippen LogP contribution is -2.30. The number of halogens is 3. The van der Waals surface area contributed by atoms with E-state index in [0.29, 0.717) is 19.8 Å². The van der Waals surface area contributed by atoms with E-state index in [1.54, 1.807) is 0 Å². The maximum atomic E-state index is 11.7. The summed E-state index contributed by atoms with van der Waals surface area (Å²) in [5.41, 5.74) is -0.186. The molecule has 0 unspecified atom stereocenters. The first-order valence-corrected chi connectivity index (χ1v) is 6.39. The van der Waals surface area contributed by atoms with Gasteiger partial charge in [-0.25, -0.2) is 4.79 Å². The Morgan fingerprint density at radius 1 is 1.53 bits per heavy atom. The number of ether oxygens (including phenoxy) is 1. The number of alkyl halides is 3. The summed E-state index contributed by atoms with van der Waals surface area (Å²) < 4.78 is 4.99. The van der Waals surface area contributed by atoms with Crippen molar-refractivity contribution in [3.8, 4) is 0 Å². The number of aromatic nitrogens is 2. The number of nitrogens with zero attached hydrogens (tertiary/aromatic N) is 1. The van der Waals surface area contributed by atoms with Crippen LogP contribution in [-0.2, 0) is 15.1 Å². The molecule has 0 aliphatic rings. The van der Waals surface area contributed by atoms with Crippen molar-refractivity contribution >= 4 is 47.0 Å². The highest BCUT2D eigenvalue weighted by atomic mass is 35.6. The first kappa shape index (κ1) is 15.0. The van der Waals surface area contributed by atoms with Crippen LogP contribution in [0.25, 0.3) is 0 Å². The van der Waals surface area contributed by atoms with E-state index >= 15 is 0 Å². The van der Waals surface area contributed by atoms with Crippen molar-refractivity contribution in [3.63, 3.8) is 0 Å². The molecule has 0 amide bonds. The molecule has 1 N–H and O–H groups in total. The maximum Gasteiger partial charge on any atom is 0.326 e. The Morgan fingerprint density at radius 3 is 2.71 bits per heavy atom. The smallest absolute Gasteiger partial charge is 0.326 e. The number of nitrogens with one attached hydrogen (secondary N) is 1. The minimum absolute atomic E-state index is 0.226. The summed E-state index contributed by atoms with van der Waals surface area (Å²) in [6, 6.07) is 1.45. The van der Waals surface area contributed by atoms with Gasteiger partial charge in [-0.15, -0.1) is 0 Å². The average Bonchev–Trinajstić information content (AvgIpc) is 2.19. The van der Waals surface area contributed by atoms with Gasteiger partial charge in [0, 0.05) is 6.61 Å². The van der Waals surface area contributed by atoms with Gasteiger partial charge in [0.15, 0.2) is 0 Å². The fraction of sp³-hybridized carbons (Fsp3) is 0.556. The van der Waals surface area contributed by atoms with Gasteiger partial charge in [-0.2, -0.15) is 0 Å². The third kappa shape index (κ3) is 4.26. The highest BCUT2D eigenvalue weighted by Crippen LogP contribution is 2.37. The number of aromatic amines is 1. The summed E-state index contributed by atoms with van der Waals surface area (Å²) in [4.78, 5) is 14.2. The lowest BCUT2D eigenvalue weighted by atomic mass is 10.4. The Hall–Kier alpha value is -0.0700. The van der Waals surface area contributed by atoms with Gasteiger partial charge in [-0.3, -0.25) is 9.55 Å². The topological polar surface area (TPSA) is 47.0 Å². The minimum Gasteiger partial charge on any atom is -0.380 e. The Balaban J connectivity index is 3.17. The highest BCUT2D eigenvalue weighted by Gasteiger charge is 2.27. The van der Waals surface area contributed by atoms with Gasteiger partial charge in [-0.1, -0.05) is 47.0 Å². The summed E-state index contributed by atoms with van der Waals surface area (Å²) >= 11 is 22.2. The molecule has 0 aliphatic heterocycles. The third-order valence-corrected chi connectivity index (χ3v) is 2.79. The normalized spacial score (nSPS) is 11.8. The van der Waals surface area contributed by atoms with Crippen LogP contribution in [-0.4, -0.2) is 22.8 Å². The monoisotopic (exact) mass is 316 g/mol. The first-order valence-electron chi connectivity index (χ1n) is 4.85. The Bertz CT molecular complexity index is 492. The van der Waals surface area contributed by atoms with Gasteiger partial charge < -0.3 is 4.74 Å². The average molecular weight is 318 g/mol. The third-order valence-electron chi connectivity index (χ3n) is 1.99. The quantitative estimate of drug-likeness (QED) is 0.528. The molecule has 1 rings (SSSR count). The number of hydrogen-bond donors (Lipinski definition) is 1. The van der Waals surface area contributed by atoms with Crippen molar-refractivity contribution in [1.82, 2.24) is 9.55 Å². The van der Waals surface area contributed by atoms with Crippen LogP contribution in [0.5, 0.6) is 0 Å². The van der Waals surface area contributed by atoms with Crippen molar-refractivity contribution < 1.29 is 4.74 Å². The SMILES string of the molecule is CCOCCn1c(C(Cl)(Cl)Cl)cc(=S)[nH]c1=O. The summed E-state index contributed by atoms with van der Waals surface area (Å²) in [6.07, 6.45) is 0. The molecular formula is C9H11Cl3N2O2S. The van der Waals surface area contributed by atoms with Gasteiger partial charge in [0.25, 0.3) is 0 Å². The van der Waals surface area contributed by atoms with Crippen molar-refractivity contribution in [2.24, 2.45) is 0 Å². The molecule has 8 heteroatoms. The van der Waals surface area contributed by atoms with E-state index < -0.39 is 9.48 Å². The van der Waals surface area contributed by atoms with Crippen molar-refractivity contribution in [1.29, 1.82) is 0 Å². The molecule has 1 aromatic rings. The highest BCUT2D eigenvalue weighted by molar-refractivity contribution is 7.71. The van der Waals surface area contributed by atoms with Crippen LogP contribution < -0.4 is 5.69 Å². The molecule has 0 spiro atoms. The summed E-state index contributed by atoms with van der Waals surface area (Å²) in [5.74, 6) is 0. The number of hydrogen-bond acceptors (Lipinski definition) is 3. The predicted octanol–water partition coefficient (Wildman–Crippen LogP) is 2.77. The lowest BCUT2D eigenvalue weighted by Gasteiger charge is -2.17. The molecule has 96 valence electrons. The summed E-state index contributed by atoms with van der Waals surface area (Å²) in [5, 5.41) is 0. The van der Waals surface area contributed by atoms with E-state index in [4.69, 9.17) is 51.8 Å². The van der Waals surface area contributed by atoms with Crippen LogP contribution in [0.1, 0.15) is 12.6 Å². The van der Waals surface area contributed by atoms with E-state index in [1.165, 1.54) is 10.6 Å². The van der Waals surface area contributed by atoms with Crippen LogP contribution in [0, 0.1) is 4.64 Å². The molecular weight excluding hydrogens is 307 g/mol. The van der Waals surface area contributed by atoms with Crippen LogP contribution in [0.3, 0.4) is 0 Å². The molecule has 1 aromatic heterocycles. The molecule has 1 heterocycles. The fourth-order valence-electron chi connectivity index (χ4n) is 1.28. The molecule has 0 bridgehead atoms. The zero-order valence-corrected chi connectivity index (χ0v) is 12.1. The molecule has 0 saturated heterocycles. The molecule has 0 atom stereocenters. The first-order chi connectivity index (χ1) is 7.86. The van der Waals surface area contributed by atoms with Crippen LogP contribution in [0.4, 0.5) is 0 Å². The molecule has 0 radical (unpaired) electrons. The second-order valence-corrected chi connectivity index (χ2v) is 5.89. The molecule has 17 heavy (non-hydrogen) atoms. The van der Waals surface area contributed by atoms with Crippen molar-refractivity contribution in [2.45, 2.75) is 17.3 Å². The summed E-state index contributed by atoms with van der Waals surface area (Å²) in [7, 11) is 0. The van der Waals surface area contributed by atoms with Crippen molar-refractivity contribution in [2.75, 3.05) is 13.2 Å². The van der Waals surface area contributed by atoms with Crippen LogP contribution in [0.15, 0.2) is 10.9 Å². The van der Waals surface area contributed by atoms with Crippen molar-refractivity contribution in [3.05, 3.63) is 26.9 Å². The zero-order chi connectivity index (χ0) is 13.1. The lowest BCUT2D eigenvalue weighted by molar-refractivity contribution is 0.137. The van der Waals surface area contributed by atoms with Gasteiger partial charge in [0.2, 0.25) is 3.79 Å². The predicted molar refractivity (Wildman–Crippen MR) is 71.6 cm³/mol. The van der Waals surface area contributed by atoms with Gasteiger partial charge >= 0.3 is 5.69 Å². The Kier molecular flexibility index (Phi) is 5.47. The van der Waals surface area contributed by atoms with Crippen LogP contribution >= 0.6 is 47.0 Å². The number of rotatable bonds is 4. The standard InChI is InChI=1S/C9H11Cl3N2O2S/c1-2-16-4-3-14-6(9(10,11)12)5-7(17)13-8(14)15/h5H,2-4H2,1H3,(H,13,15,17). The van der Waals surface area contributed by atoms with Gasteiger partial charge in [-0.05, 0) is 13.0 Å². The Morgan fingerprint density at radius 2 is 2.18 bits per heavy atom. The largest absolute Gasteiger partial charge is 0.380 e. The minimum atomic E-state index is -1.70. The molecule has 0 fully saturated rings. The van der Waals surface area contributed by atoms with E-state index in [0.717, 1.165) is 0 Å². The van der Waals surface area contributed by atoms with Gasteiger partial charge in [0.1, 0.15) is 4.64 Å². The Labute approximate surface area is 118 Å². The summed E-state index contributed by atoms with van der Waals surface area (Å²) in [6.45, 7) is 3.06. The number of H-pyrrole nitrogens is 1. The van der Waals surface area contributed by atoms with Gasteiger partial charge in [0.05, 0.1) is 18.8 Å². The maximum absolute atomic E-state index is 11.7. The zero-order valence-electron chi connectivity index (χ0n) is 9.00. The van der Waals surface area contributed by atoms with E-state index in [-0.39, 0.29) is 10.3 Å². The van der Waals surface area contributed by atoms with Crippen LogP contribution in [0.2, 0.25) is 0 Å². The fourth-order valence-corrected chi connectivity index (χ4v) is 1.95. The van der Waals surface area contributed by atoms with E-state index in [2.05, 4.69) is 4.98 Å².